The highest BCUT2D eigenvalue weighted by Gasteiger charge is 2.24. The Labute approximate surface area is 193 Å². The van der Waals surface area contributed by atoms with E-state index in [2.05, 4.69) is 10.2 Å². The van der Waals surface area contributed by atoms with Crippen LogP contribution in [0.2, 0.25) is 0 Å². The zero-order valence-corrected chi connectivity index (χ0v) is 18.7. The molecule has 6 heteroatoms. The van der Waals surface area contributed by atoms with E-state index in [9.17, 15) is 9.59 Å². The molecule has 0 aliphatic carbocycles. The van der Waals surface area contributed by atoms with E-state index in [1.165, 1.54) is 12.8 Å². The lowest BCUT2D eigenvalue weighted by atomic mass is 10.0. The van der Waals surface area contributed by atoms with Crippen molar-refractivity contribution in [3.8, 4) is 11.3 Å². The maximum Gasteiger partial charge on any atom is 0.256 e. The van der Waals surface area contributed by atoms with E-state index in [4.69, 9.17) is 4.42 Å². The molecular weight excluding hydrogens is 414 g/mol. The minimum Gasteiger partial charge on any atom is -0.457 e. The van der Waals surface area contributed by atoms with Gasteiger partial charge in [0, 0.05) is 37.0 Å². The zero-order valence-electron chi connectivity index (χ0n) is 18.7. The molecule has 33 heavy (non-hydrogen) atoms. The number of hydrogen-bond acceptors (Lipinski definition) is 4. The van der Waals surface area contributed by atoms with E-state index in [-0.39, 0.29) is 11.8 Å². The van der Waals surface area contributed by atoms with Crippen LogP contribution in [0.4, 0.5) is 5.69 Å². The summed E-state index contributed by atoms with van der Waals surface area (Å²) in [7, 11) is 1.85. The van der Waals surface area contributed by atoms with E-state index >= 15 is 0 Å². The highest BCUT2D eigenvalue weighted by Crippen LogP contribution is 2.34. The fourth-order valence-electron chi connectivity index (χ4n) is 4.49. The van der Waals surface area contributed by atoms with Crippen molar-refractivity contribution in [2.75, 3.05) is 38.5 Å². The van der Waals surface area contributed by atoms with Crippen LogP contribution in [0.3, 0.4) is 0 Å². The lowest BCUT2D eigenvalue weighted by Crippen LogP contribution is -2.35. The van der Waals surface area contributed by atoms with Gasteiger partial charge in [-0.15, -0.1) is 0 Å². The minimum atomic E-state index is -0.149. The minimum absolute atomic E-state index is 0.0230. The summed E-state index contributed by atoms with van der Waals surface area (Å²) in [6.07, 6.45) is 4.23. The molecule has 168 valence electrons. The predicted molar refractivity (Wildman–Crippen MR) is 130 cm³/mol. The molecule has 1 N–H and O–H groups in total. The van der Waals surface area contributed by atoms with Crippen LogP contribution in [0, 0.1) is 0 Å². The van der Waals surface area contributed by atoms with Gasteiger partial charge in [0.2, 0.25) is 0 Å². The molecule has 2 aliphatic rings. The number of nitrogens with zero attached hydrogens (tertiary/aromatic N) is 2. The number of carbonyl (C=O) groups is 2. The van der Waals surface area contributed by atoms with Crippen LogP contribution in [-0.4, -0.2) is 54.8 Å². The topological polar surface area (TPSA) is 65.8 Å². The average molecular weight is 442 g/mol. The molecule has 0 unspecified atom stereocenters. The van der Waals surface area contributed by atoms with Gasteiger partial charge < -0.3 is 19.5 Å². The quantitative estimate of drug-likeness (QED) is 0.568. The number of para-hydroxylation sites is 1. The number of carbonyl (C=O) groups excluding carboxylic acids is 2. The molecule has 0 radical (unpaired) electrons. The number of nitrogens with one attached hydrogen (secondary N) is 1. The van der Waals surface area contributed by atoms with Gasteiger partial charge in [0.25, 0.3) is 11.8 Å². The average Bonchev–Trinajstić information content (AvgIpc) is 3.58. The van der Waals surface area contributed by atoms with Gasteiger partial charge in [0.15, 0.2) is 0 Å². The third kappa shape index (κ3) is 4.34. The number of likely N-dealkylation sites (tertiary alicyclic amines) is 1. The molecule has 3 aromatic rings. The van der Waals surface area contributed by atoms with Crippen molar-refractivity contribution >= 4 is 29.2 Å². The summed E-state index contributed by atoms with van der Waals surface area (Å²) in [6.45, 7) is 3.82. The van der Waals surface area contributed by atoms with Crippen LogP contribution in [0.25, 0.3) is 23.0 Å². The standard InChI is InChI=1S/C27H27N3O3/c1-29(16-17-30-14-6-7-15-30)27(32)22-10-3-2-9-21(22)25-13-12-19(33-25)18-23-20-8-4-5-11-24(20)28-26(23)31/h2-5,8-13,18H,6-7,14-17H2,1H3,(H,28,31). The fourth-order valence-corrected chi connectivity index (χ4v) is 4.49. The third-order valence-corrected chi connectivity index (χ3v) is 6.34. The van der Waals surface area contributed by atoms with Crippen molar-refractivity contribution < 1.29 is 14.0 Å². The molecule has 1 aromatic heterocycles. The van der Waals surface area contributed by atoms with Crippen LogP contribution in [0.5, 0.6) is 0 Å². The summed E-state index contributed by atoms with van der Waals surface area (Å²) in [4.78, 5) is 29.8. The Morgan fingerprint density at radius 3 is 2.58 bits per heavy atom. The molecule has 1 fully saturated rings. The van der Waals surface area contributed by atoms with Crippen LogP contribution in [0.1, 0.15) is 34.5 Å². The van der Waals surface area contributed by atoms with Gasteiger partial charge in [0.1, 0.15) is 11.5 Å². The van der Waals surface area contributed by atoms with Gasteiger partial charge in [-0.3, -0.25) is 9.59 Å². The van der Waals surface area contributed by atoms with Crippen LogP contribution < -0.4 is 5.32 Å². The molecule has 6 nitrogen and oxygen atoms in total. The molecule has 2 aromatic carbocycles. The van der Waals surface area contributed by atoms with Crippen LogP contribution >= 0.6 is 0 Å². The normalized spacial score (nSPS) is 16.8. The Morgan fingerprint density at radius 2 is 1.76 bits per heavy atom. The van der Waals surface area contributed by atoms with Crippen molar-refractivity contribution in [2.45, 2.75) is 12.8 Å². The molecular formula is C27H27N3O3. The molecule has 2 amide bonds. The second-order valence-electron chi connectivity index (χ2n) is 8.58. The maximum absolute atomic E-state index is 13.2. The zero-order chi connectivity index (χ0) is 22.8. The van der Waals surface area contributed by atoms with Gasteiger partial charge >= 0.3 is 0 Å². The Morgan fingerprint density at radius 1 is 1.03 bits per heavy atom. The van der Waals surface area contributed by atoms with Crippen molar-refractivity contribution in [2.24, 2.45) is 0 Å². The molecule has 5 rings (SSSR count). The summed E-state index contributed by atoms with van der Waals surface area (Å²) < 4.78 is 6.07. The van der Waals surface area contributed by atoms with Crippen molar-refractivity contribution in [1.82, 2.24) is 9.80 Å². The van der Waals surface area contributed by atoms with Crippen LogP contribution in [0.15, 0.2) is 65.1 Å². The smallest absolute Gasteiger partial charge is 0.256 e. The van der Waals surface area contributed by atoms with Crippen LogP contribution in [-0.2, 0) is 4.79 Å². The number of furan rings is 1. The Kier molecular flexibility index (Phi) is 5.84. The summed E-state index contributed by atoms with van der Waals surface area (Å²) in [5, 5.41) is 2.87. The number of amides is 2. The van der Waals surface area contributed by atoms with Crippen molar-refractivity contribution in [1.29, 1.82) is 0 Å². The molecule has 0 saturated carbocycles. The maximum atomic E-state index is 13.2. The first kappa shape index (κ1) is 21.2. The van der Waals surface area contributed by atoms with E-state index in [1.807, 2.05) is 67.7 Å². The first-order valence-corrected chi connectivity index (χ1v) is 11.4. The van der Waals surface area contributed by atoms with Gasteiger partial charge in [-0.2, -0.15) is 0 Å². The number of fused-ring (bicyclic) bond motifs is 1. The fraction of sp³-hybridized carbons (Fsp3) is 0.259. The van der Waals surface area contributed by atoms with Gasteiger partial charge in [0.05, 0.1) is 11.1 Å². The summed E-state index contributed by atoms with van der Waals surface area (Å²) >= 11 is 0. The van der Waals surface area contributed by atoms with Crippen molar-refractivity contribution in [3.63, 3.8) is 0 Å². The summed E-state index contributed by atoms with van der Waals surface area (Å²) in [6, 6.07) is 18.8. The second kappa shape index (κ2) is 9.08. The number of likely N-dealkylation sites (N-methyl/N-ethyl adjacent to an activating group) is 1. The summed E-state index contributed by atoms with van der Waals surface area (Å²) in [5.41, 5.74) is 3.58. The Balaban J connectivity index is 1.37. The molecule has 1 saturated heterocycles. The highest BCUT2D eigenvalue weighted by atomic mass is 16.3. The molecule has 2 aliphatic heterocycles. The van der Waals surface area contributed by atoms with E-state index in [0.717, 1.165) is 36.4 Å². The molecule has 0 bridgehead atoms. The molecule has 0 spiro atoms. The van der Waals surface area contributed by atoms with E-state index in [1.54, 1.807) is 11.0 Å². The number of rotatable bonds is 6. The van der Waals surface area contributed by atoms with Crippen molar-refractivity contribution in [3.05, 3.63) is 77.6 Å². The largest absolute Gasteiger partial charge is 0.457 e. The first-order chi connectivity index (χ1) is 16.1. The monoisotopic (exact) mass is 441 g/mol. The first-order valence-electron chi connectivity index (χ1n) is 11.4. The third-order valence-electron chi connectivity index (χ3n) is 6.34. The number of hydrogen-bond donors (Lipinski definition) is 1. The molecule has 3 heterocycles. The lowest BCUT2D eigenvalue weighted by molar-refractivity contribution is -0.110. The number of anilines is 1. The predicted octanol–water partition coefficient (Wildman–Crippen LogP) is 4.61. The van der Waals surface area contributed by atoms with Gasteiger partial charge in [-0.1, -0.05) is 36.4 Å². The van der Waals surface area contributed by atoms with E-state index < -0.39 is 0 Å². The highest BCUT2D eigenvalue weighted by molar-refractivity contribution is 6.34. The number of benzene rings is 2. The molecule has 0 atom stereocenters. The Hall–Kier alpha value is -3.64. The second-order valence-corrected chi connectivity index (χ2v) is 8.58. The van der Waals surface area contributed by atoms with Gasteiger partial charge in [-0.05, 0) is 56.3 Å². The van der Waals surface area contributed by atoms with Gasteiger partial charge in [-0.25, -0.2) is 0 Å². The SMILES string of the molecule is CN(CCN1CCCC1)C(=O)c1ccccc1-c1ccc(C=C2C(=O)Nc3ccccc32)o1. The van der Waals surface area contributed by atoms with E-state index in [0.29, 0.717) is 29.2 Å². The Bertz CT molecular complexity index is 1220. The summed E-state index contributed by atoms with van der Waals surface area (Å²) in [5.74, 6) is 0.997. The lowest BCUT2D eigenvalue weighted by Gasteiger charge is -2.22.